The van der Waals surface area contributed by atoms with E-state index in [0.717, 1.165) is 12.0 Å². The molecule has 0 aromatic heterocycles. The van der Waals surface area contributed by atoms with Crippen molar-refractivity contribution in [3.63, 3.8) is 0 Å². The van der Waals surface area contributed by atoms with Crippen molar-refractivity contribution < 1.29 is 14.2 Å². The summed E-state index contributed by atoms with van der Waals surface area (Å²) in [4.78, 5) is 4.44. The van der Waals surface area contributed by atoms with Gasteiger partial charge in [0.15, 0.2) is 11.5 Å². The Morgan fingerprint density at radius 1 is 1.08 bits per heavy atom. The number of nitrogens with zero attached hydrogens (tertiary/aromatic N) is 1. The van der Waals surface area contributed by atoms with Crippen LogP contribution in [-0.4, -0.2) is 26.5 Å². The zero-order valence-electron chi connectivity index (χ0n) is 14.7. The van der Waals surface area contributed by atoms with Crippen molar-refractivity contribution >= 4 is 35.1 Å². The molecule has 2 rings (SSSR count). The Kier molecular flexibility index (Phi) is 6.97. The Hall–Kier alpha value is -1.91. The number of halogens is 2. The van der Waals surface area contributed by atoms with E-state index in [9.17, 15) is 0 Å². The molecule has 6 heteroatoms. The first-order valence-corrected chi connectivity index (χ1v) is 8.65. The quantitative estimate of drug-likeness (QED) is 0.557. The summed E-state index contributed by atoms with van der Waals surface area (Å²) in [7, 11) is 3.17. The lowest BCUT2D eigenvalue weighted by Gasteiger charge is -2.17. The molecule has 4 nitrogen and oxygen atoms in total. The lowest BCUT2D eigenvalue weighted by Crippen LogP contribution is -2.11. The van der Waals surface area contributed by atoms with Crippen LogP contribution in [0.5, 0.6) is 17.2 Å². The highest BCUT2D eigenvalue weighted by atomic mass is 35.5. The maximum atomic E-state index is 6.37. The minimum Gasteiger partial charge on any atom is -0.494 e. The second-order valence-corrected chi connectivity index (χ2v) is 6.29. The van der Waals surface area contributed by atoms with E-state index < -0.39 is 0 Å². The van der Waals surface area contributed by atoms with E-state index in [1.54, 1.807) is 44.7 Å². The maximum Gasteiger partial charge on any atom is 0.180 e. The largest absolute Gasteiger partial charge is 0.494 e. The van der Waals surface area contributed by atoms with Gasteiger partial charge in [0, 0.05) is 11.2 Å². The van der Waals surface area contributed by atoms with Gasteiger partial charge >= 0.3 is 0 Å². The summed E-state index contributed by atoms with van der Waals surface area (Å²) in [6, 6.07) is 8.86. The highest BCUT2D eigenvalue weighted by molar-refractivity contribution is 6.32. The molecular formula is C19H21Cl2NO3. The maximum absolute atomic E-state index is 6.37. The average molecular weight is 382 g/mol. The van der Waals surface area contributed by atoms with E-state index in [4.69, 9.17) is 37.4 Å². The van der Waals surface area contributed by atoms with Crippen molar-refractivity contribution in [3.8, 4) is 17.2 Å². The van der Waals surface area contributed by atoms with E-state index >= 15 is 0 Å². The van der Waals surface area contributed by atoms with Crippen LogP contribution in [-0.2, 0) is 0 Å². The third kappa shape index (κ3) is 5.03. The second kappa shape index (κ2) is 8.97. The van der Waals surface area contributed by atoms with E-state index in [0.29, 0.717) is 33.0 Å². The van der Waals surface area contributed by atoms with Gasteiger partial charge < -0.3 is 14.2 Å². The van der Waals surface area contributed by atoms with Crippen molar-refractivity contribution in [2.24, 2.45) is 4.99 Å². The van der Waals surface area contributed by atoms with E-state index in [1.807, 2.05) is 19.9 Å². The zero-order valence-corrected chi connectivity index (χ0v) is 16.2. The van der Waals surface area contributed by atoms with Gasteiger partial charge in [-0.2, -0.15) is 0 Å². The minimum absolute atomic E-state index is 0.0432. The molecule has 2 aromatic carbocycles. The number of ether oxygens (including phenoxy) is 3. The topological polar surface area (TPSA) is 40.0 Å². The Balaban J connectivity index is 2.34. The number of hydrogen-bond donors (Lipinski definition) is 0. The molecule has 25 heavy (non-hydrogen) atoms. The standard InChI is InChI=1S/C19H21Cl2NO3/c1-5-12(2)25-19-15(21)8-13(9-18(19)24-4)11-22-16-10-14(20)6-7-17(16)23-3/h6-12H,5H2,1-4H3/t12-/m1/s1. The minimum atomic E-state index is 0.0432. The molecule has 134 valence electrons. The molecule has 0 N–H and O–H groups in total. The Bertz CT molecular complexity index is 763. The van der Waals surface area contributed by atoms with Gasteiger partial charge in [0.05, 0.1) is 25.3 Å². The fourth-order valence-electron chi connectivity index (χ4n) is 2.12. The van der Waals surface area contributed by atoms with E-state index in [-0.39, 0.29) is 6.10 Å². The lowest BCUT2D eigenvalue weighted by molar-refractivity contribution is 0.208. The number of rotatable bonds is 7. The highest BCUT2D eigenvalue weighted by Gasteiger charge is 2.14. The van der Waals surface area contributed by atoms with Crippen molar-refractivity contribution in [1.29, 1.82) is 0 Å². The SMILES string of the molecule is CC[C@@H](C)Oc1c(Cl)cc(C=Nc2cc(Cl)ccc2OC)cc1OC. The van der Waals surface area contributed by atoms with E-state index in [1.165, 1.54) is 0 Å². The summed E-state index contributed by atoms with van der Waals surface area (Å²) in [5, 5.41) is 1.06. The summed E-state index contributed by atoms with van der Waals surface area (Å²) < 4.78 is 16.5. The van der Waals surface area contributed by atoms with Gasteiger partial charge in [0.1, 0.15) is 11.4 Å². The van der Waals surface area contributed by atoms with Gasteiger partial charge in [-0.05, 0) is 49.2 Å². The molecule has 0 bridgehead atoms. The molecular weight excluding hydrogens is 361 g/mol. The molecule has 0 fully saturated rings. The van der Waals surface area contributed by atoms with Crippen molar-refractivity contribution in [2.45, 2.75) is 26.4 Å². The number of hydrogen-bond acceptors (Lipinski definition) is 4. The molecule has 0 radical (unpaired) electrons. The molecule has 0 amide bonds. The molecule has 0 aliphatic heterocycles. The monoisotopic (exact) mass is 381 g/mol. The van der Waals surface area contributed by atoms with Gasteiger partial charge in [0.2, 0.25) is 0 Å². The van der Waals surface area contributed by atoms with Crippen molar-refractivity contribution in [1.82, 2.24) is 0 Å². The van der Waals surface area contributed by atoms with Crippen molar-refractivity contribution in [2.75, 3.05) is 14.2 Å². The number of aliphatic imine (C=N–C) groups is 1. The van der Waals surface area contributed by atoms with Crippen LogP contribution in [0.15, 0.2) is 35.3 Å². The molecule has 0 saturated heterocycles. The summed E-state index contributed by atoms with van der Waals surface area (Å²) in [5.74, 6) is 1.73. The van der Waals surface area contributed by atoms with Gasteiger partial charge in [-0.1, -0.05) is 30.1 Å². The zero-order chi connectivity index (χ0) is 18.4. The summed E-state index contributed by atoms with van der Waals surface area (Å²) >= 11 is 12.4. The Labute approximate surface area is 158 Å². The molecule has 0 heterocycles. The normalized spacial score (nSPS) is 12.2. The first-order valence-electron chi connectivity index (χ1n) is 7.90. The third-order valence-corrected chi connectivity index (χ3v) is 4.16. The lowest BCUT2D eigenvalue weighted by atomic mass is 10.2. The summed E-state index contributed by atoms with van der Waals surface area (Å²) in [6.45, 7) is 4.03. The Morgan fingerprint density at radius 2 is 1.80 bits per heavy atom. The molecule has 2 aromatic rings. The number of benzene rings is 2. The van der Waals surface area contributed by atoms with Gasteiger partial charge in [-0.15, -0.1) is 0 Å². The van der Waals surface area contributed by atoms with E-state index in [2.05, 4.69) is 4.99 Å². The van der Waals surface area contributed by atoms with Crippen LogP contribution < -0.4 is 14.2 Å². The van der Waals surface area contributed by atoms with Crippen LogP contribution in [0.2, 0.25) is 10.0 Å². The first-order chi connectivity index (χ1) is 12.0. The van der Waals surface area contributed by atoms with Gasteiger partial charge in [-0.3, -0.25) is 4.99 Å². The van der Waals surface area contributed by atoms with Crippen LogP contribution in [0.3, 0.4) is 0 Å². The average Bonchev–Trinajstić information content (AvgIpc) is 2.61. The third-order valence-electron chi connectivity index (χ3n) is 3.64. The fraction of sp³-hybridized carbons (Fsp3) is 0.316. The molecule has 0 spiro atoms. The van der Waals surface area contributed by atoms with Crippen LogP contribution in [0.1, 0.15) is 25.8 Å². The molecule has 0 saturated carbocycles. The second-order valence-electron chi connectivity index (χ2n) is 5.45. The van der Waals surface area contributed by atoms with Crippen molar-refractivity contribution in [3.05, 3.63) is 45.9 Å². The van der Waals surface area contributed by atoms with Crippen LogP contribution in [0, 0.1) is 0 Å². The van der Waals surface area contributed by atoms with Crippen LogP contribution >= 0.6 is 23.2 Å². The first kappa shape index (κ1) is 19.4. The molecule has 0 unspecified atom stereocenters. The van der Waals surface area contributed by atoms with Gasteiger partial charge in [0.25, 0.3) is 0 Å². The summed E-state index contributed by atoms with van der Waals surface area (Å²) in [5.41, 5.74) is 1.41. The molecule has 0 aliphatic rings. The molecule has 0 aliphatic carbocycles. The smallest absolute Gasteiger partial charge is 0.180 e. The van der Waals surface area contributed by atoms with Crippen LogP contribution in [0.4, 0.5) is 5.69 Å². The van der Waals surface area contributed by atoms with Gasteiger partial charge in [-0.25, -0.2) is 0 Å². The summed E-state index contributed by atoms with van der Waals surface area (Å²) in [6.07, 6.45) is 2.59. The van der Waals surface area contributed by atoms with Crippen LogP contribution in [0.25, 0.3) is 0 Å². The predicted molar refractivity (Wildman–Crippen MR) is 104 cm³/mol. The Morgan fingerprint density at radius 3 is 2.44 bits per heavy atom. The molecule has 1 atom stereocenters. The fourth-order valence-corrected chi connectivity index (χ4v) is 2.55. The predicted octanol–water partition coefficient (Wildman–Crippen LogP) is 5.94. The number of methoxy groups -OCH3 is 2. The highest BCUT2D eigenvalue weighted by Crippen LogP contribution is 2.37.